The summed E-state index contributed by atoms with van der Waals surface area (Å²) in [5.41, 5.74) is -1.34. The van der Waals surface area contributed by atoms with Crippen molar-refractivity contribution in [1.29, 1.82) is 0 Å². The number of rotatable bonds is 8. The van der Waals surface area contributed by atoms with Gasteiger partial charge in [0.1, 0.15) is 36.0 Å². The Kier molecular flexibility index (Phi) is 15.9. The Morgan fingerprint density at radius 3 is 2.34 bits per heavy atom. The van der Waals surface area contributed by atoms with Crippen LogP contribution in [0.3, 0.4) is 0 Å². The number of ketones is 1. The van der Waals surface area contributed by atoms with Crippen LogP contribution in [-0.2, 0) is 49.3 Å². The maximum absolute atomic E-state index is 14.4. The number of Topliss-reactive ketones (excluding diaryl/α,β-unsaturated/α-hetero) is 1. The number of carbonyl (C=O) groups excluding carboxylic acids is 3. The Hall–Kier alpha value is -3.11. The first kappa shape index (κ1) is 45.6. The van der Waals surface area contributed by atoms with E-state index in [1.165, 1.54) is 20.8 Å². The van der Waals surface area contributed by atoms with Gasteiger partial charge in [-0.2, -0.15) is 0 Å². The molecule has 4 rings (SSSR count). The first-order valence-electron chi connectivity index (χ1n) is 20.0. The molecule has 1 aromatic rings. The highest BCUT2D eigenvalue weighted by atomic mass is 16.7. The summed E-state index contributed by atoms with van der Waals surface area (Å²) in [6.45, 7) is 15.2. The van der Waals surface area contributed by atoms with Gasteiger partial charge in [-0.3, -0.25) is 14.4 Å². The molecule has 3 fully saturated rings. The first-order chi connectivity index (χ1) is 26.3. The second-order valence-corrected chi connectivity index (χ2v) is 16.6. The second kappa shape index (κ2) is 19.6. The third kappa shape index (κ3) is 10.9. The zero-order valence-electron chi connectivity index (χ0n) is 35.1. The largest absolute Gasteiger partial charge is 0.459 e. The summed E-state index contributed by atoms with van der Waals surface area (Å²) in [6, 6.07) is 9.53. The zero-order valence-corrected chi connectivity index (χ0v) is 35.1. The van der Waals surface area contributed by atoms with Crippen molar-refractivity contribution in [2.75, 3.05) is 33.9 Å². The van der Waals surface area contributed by atoms with Crippen LogP contribution in [0.15, 0.2) is 40.5 Å². The van der Waals surface area contributed by atoms with Crippen LogP contribution < -0.4 is 0 Å². The first-order valence-corrected chi connectivity index (χ1v) is 20.0. The summed E-state index contributed by atoms with van der Waals surface area (Å²) in [6.07, 6.45) is -4.33. The molecule has 0 saturated carbocycles. The van der Waals surface area contributed by atoms with Gasteiger partial charge in [-0.25, -0.2) is 4.99 Å². The lowest BCUT2D eigenvalue weighted by molar-refractivity contribution is -0.296. The standard InChI is InChI=1S/C42H65N3O11/c1-12-33-42(9,50)38-26(4)34(43-29(7)46)24(2)21-41(8,52-23-31(22-51-38)44-53-19-18-30-16-14-13-15-17-30)37(27(5)35(47)28(6)39(49)55-33)56-40-36(48)32(45(10)11)20-25(3)54-40/h13-17,24-28,32-33,36-38,40,48,50H,12,18-23H2,1-11H3/b43-34?,44-31+/t24-,25-,26+,27+,28-,32+,33-,36-,37-,38-,40+,41-,42-/m1/s1. The SMILES string of the molecule is CC[C@H]1OC(=O)[C@H](C)C(=O)[C@H](C)[C@@H](O[C@@H]2O[C@H](C)C[C@H](N(C)C)[C@H]2O)[C@@]2(C)C[C@@H](C)C(=NC(C)=O)[C@H](C)[C@@H](OC/C(=N\OCCc3ccccc3)CO2)[C@]1(C)O. The van der Waals surface area contributed by atoms with Crippen LogP contribution in [0.1, 0.15) is 87.1 Å². The van der Waals surface area contributed by atoms with Crippen LogP contribution in [0.4, 0.5) is 0 Å². The predicted molar refractivity (Wildman–Crippen MR) is 210 cm³/mol. The number of aliphatic hydroxyl groups is 2. The molecule has 13 atom stereocenters. The van der Waals surface area contributed by atoms with Crippen molar-refractivity contribution in [3.05, 3.63) is 35.9 Å². The predicted octanol–water partition coefficient (Wildman–Crippen LogP) is 4.16. The molecule has 1 aromatic carbocycles. The summed E-state index contributed by atoms with van der Waals surface area (Å²) < 4.78 is 32.4. The van der Waals surface area contributed by atoms with E-state index in [0.29, 0.717) is 24.3 Å². The molecular formula is C42H65N3O11. The summed E-state index contributed by atoms with van der Waals surface area (Å²) in [7, 11) is 3.74. The van der Waals surface area contributed by atoms with Crippen LogP contribution in [-0.4, -0.2) is 132 Å². The summed E-state index contributed by atoms with van der Waals surface area (Å²) in [5, 5.41) is 28.4. The topological polar surface area (TPSA) is 175 Å². The average Bonchev–Trinajstić information content (AvgIpc) is 3.16. The number of ether oxygens (including phenoxy) is 5. The number of amides is 1. The number of fused-ring (bicyclic) bond motifs is 5. The van der Waals surface area contributed by atoms with Crippen LogP contribution in [0.2, 0.25) is 0 Å². The van der Waals surface area contributed by atoms with Gasteiger partial charge in [0.2, 0.25) is 5.91 Å². The fourth-order valence-electron chi connectivity index (χ4n) is 8.55. The number of carbonyl (C=O) groups is 3. The van der Waals surface area contributed by atoms with Gasteiger partial charge in [-0.15, -0.1) is 0 Å². The van der Waals surface area contributed by atoms with E-state index in [-0.39, 0.29) is 44.8 Å². The van der Waals surface area contributed by atoms with Crippen molar-refractivity contribution in [2.45, 2.75) is 142 Å². The van der Waals surface area contributed by atoms with Crippen molar-refractivity contribution in [1.82, 2.24) is 4.90 Å². The number of hydrogen-bond donors (Lipinski definition) is 2. The van der Waals surface area contributed by atoms with Crippen molar-refractivity contribution in [2.24, 2.45) is 33.8 Å². The zero-order chi connectivity index (χ0) is 41.5. The van der Waals surface area contributed by atoms with E-state index in [2.05, 4.69) is 10.1 Å². The molecular weight excluding hydrogens is 722 g/mol. The molecule has 14 nitrogen and oxygen atoms in total. The number of hydrogen-bond acceptors (Lipinski definition) is 13. The number of benzene rings is 1. The van der Waals surface area contributed by atoms with E-state index >= 15 is 0 Å². The molecule has 2 N–H and O–H groups in total. The van der Waals surface area contributed by atoms with Gasteiger partial charge in [0.25, 0.3) is 0 Å². The summed E-state index contributed by atoms with van der Waals surface area (Å²) >= 11 is 0. The highest BCUT2D eigenvalue weighted by molar-refractivity contribution is 6.00. The normalized spacial score (nSPS) is 39.4. The monoisotopic (exact) mass is 787 g/mol. The van der Waals surface area contributed by atoms with E-state index in [4.69, 9.17) is 28.5 Å². The van der Waals surface area contributed by atoms with Crippen molar-refractivity contribution in [3.8, 4) is 0 Å². The van der Waals surface area contributed by atoms with Crippen molar-refractivity contribution < 1.29 is 53.1 Å². The van der Waals surface area contributed by atoms with E-state index in [1.54, 1.807) is 20.8 Å². The van der Waals surface area contributed by atoms with Gasteiger partial charge in [-0.05, 0) is 72.5 Å². The van der Waals surface area contributed by atoms with Gasteiger partial charge in [-0.1, -0.05) is 63.2 Å². The quantitative estimate of drug-likeness (QED) is 0.167. The molecule has 3 heterocycles. The highest BCUT2D eigenvalue weighted by Gasteiger charge is 2.53. The molecule has 0 aromatic heterocycles. The van der Waals surface area contributed by atoms with Crippen LogP contribution in [0.5, 0.6) is 0 Å². The van der Waals surface area contributed by atoms with E-state index in [1.807, 2.05) is 70.1 Å². The lowest BCUT2D eigenvalue weighted by atomic mass is 9.73. The molecule has 3 aliphatic heterocycles. The maximum Gasteiger partial charge on any atom is 0.316 e. The fourth-order valence-corrected chi connectivity index (χ4v) is 8.55. The van der Waals surface area contributed by atoms with Gasteiger partial charge in [0.15, 0.2) is 12.1 Å². The molecule has 2 bridgehead atoms. The minimum absolute atomic E-state index is 0.134. The summed E-state index contributed by atoms with van der Waals surface area (Å²) in [4.78, 5) is 53.3. The highest BCUT2D eigenvalue weighted by Crippen LogP contribution is 2.40. The van der Waals surface area contributed by atoms with Gasteiger partial charge in [0, 0.05) is 36.9 Å². The summed E-state index contributed by atoms with van der Waals surface area (Å²) in [5.74, 6) is -5.19. The molecule has 1 amide bonds. The van der Waals surface area contributed by atoms with Gasteiger partial charge in [0.05, 0.1) is 37.1 Å². The minimum Gasteiger partial charge on any atom is -0.459 e. The fraction of sp³-hybridized carbons (Fsp3) is 0.738. The Morgan fingerprint density at radius 1 is 1.04 bits per heavy atom. The molecule has 0 unspecified atom stereocenters. The molecule has 0 radical (unpaired) electrons. The molecule has 14 heteroatoms. The lowest BCUT2D eigenvalue weighted by Gasteiger charge is -2.47. The van der Waals surface area contributed by atoms with Gasteiger partial charge >= 0.3 is 5.97 Å². The number of cyclic esters (lactones) is 1. The Morgan fingerprint density at radius 2 is 1.71 bits per heavy atom. The Labute approximate surface area is 332 Å². The van der Waals surface area contributed by atoms with E-state index in [0.717, 1.165) is 5.56 Å². The molecule has 56 heavy (non-hydrogen) atoms. The number of nitrogens with zero attached hydrogens (tertiary/aromatic N) is 3. The molecule has 3 aliphatic rings. The smallest absolute Gasteiger partial charge is 0.316 e. The van der Waals surface area contributed by atoms with Crippen LogP contribution >= 0.6 is 0 Å². The van der Waals surface area contributed by atoms with Crippen molar-refractivity contribution in [3.63, 3.8) is 0 Å². The third-order valence-corrected chi connectivity index (χ3v) is 11.6. The van der Waals surface area contributed by atoms with Crippen LogP contribution in [0, 0.1) is 23.7 Å². The number of aliphatic imine (C=N–C) groups is 1. The number of oxime groups is 1. The number of aliphatic hydroxyl groups excluding tert-OH is 1. The third-order valence-electron chi connectivity index (χ3n) is 11.6. The molecule has 314 valence electrons. The van der Waals surface area contributed by atoms with Gasteiger partial charge < -0.3 is 43.6 Å². The number of esters is 1. The molecule has 0 aliphatic carbocycles. The average molecular weight is 788 g/mol. The second-order valence-electron chi connectivity index (χ2n) is 16.6. The maximum atomic E-state index is 14.4. The minimum atomic E-state index is -1.82. The molecule has 0 spiro atoms. The molecule has 3 saturated heterocycles. The lowest BCUT2D eigenvalue weighted by Crippen LogP contribution is -2.60. The van der Waals surface area contributed by atoms with E-state index in [9.17, 15) is 24.6 Å². The Bertz CT molecular complexity index is 1550. The Balaban J connectivity index is 1.91. The van der Waals surface area contributed by atoms with Crippen molar-refractivity contribution >= 4 is 29.1 Å². The van der Waals surface area contributed by atoms with E-state index < -0.39 is 83.2 Å². The van der Waals surface area contributed by atoms with Crippen LogP contribution in [0.25, 0.3) is 0 Å². The number of likely N-dealkylation sites (N-methyl/N-ethyl adjacent to an activating group) is 1.